The van der Waals surface area contributed by atoms with Crippen LogP contribution in [0.2, 0.25) is 0 Å². The maximum atomic E-state index is 12.2. The van der Waals surface area contributed by atoms with Crippen LogP contribution < -0.4 is 10.0 Å². The van der Waals surface area contributed by atoms with Crippen LogP contribution in [0.3, 0.4) is 0 Å². The van der Waals surface area contributed by atoms with Gasteiger partial charge in [0.25, 0.3) is 0 Å². The number of nitrogens with zero attached hydrogens (tertiary/aromatic N) is 1. The Balaban J connectivity index is 1.40. The van der Waals surface area contributed by atoms with Crippen molar-refractivity contribution in [1.29, 1.82) is 0 Å². The van der Waals surface area contributed by atoms with Crippen LogP contribution in [-0.2, 0) is 14.8 Å². The van der Waals surface area contributed by atoms with Crippen LogP contribution in [0, 0.1) is 6.92 Å². The highest BCUT2D eigenvalue weighted by molar-refractivity contribution is 7.89. The first-order valence-corrected chi connectivity index (χ1v) is 10.4. The van der Waals surface area contributed by atoms with Crippen LogP contribution in [0.1, 0.15) is 24.3 Å². The number of anilines is 1. The number of sulfonamides is 1. The number of hydrogen-bond acceptors (Lipinski definition) is 5. The van der Waals surface area contributed by atoms with E-state index in [1.807, 2.05) is 0 Å². The second-order valence-corrected chi connectivity index (χ2v) is 8.42. The van der Waals surface area contributed by atoms with Gasteiger partial charge in [0.2, 0.25) is 15.9 Å². The minimum atomic E-state index is -3.47. The molecule has 7 nitrogen and oxygen atoms in total. The number of fused-ring (bicyclic) bond motifs is 1. The van der Waals surface area contributed by atoms with Gasteiger partial charge >= 0.3 is 0 Å². The van der Waals surface area contributed by atoms with E-state index in [1.165, 1.54) is 18.2 Å². The van der Waals surface area contributed by atoms with Crippen molar-refractivity contribution in [2.24, 2.45) is 0 Å². The predicted octanol–water partition coefficient (Wildman–Crippen LogP) is 3.23. The molecule has 0 unspecified atom stereocenters. The third-order valence-corrected chi connectivity index (χ3v) is 5.82. The number of rotatable bonds is 6. The molecular formula is C20H19N3O4S. The smallest absolute Gasteiger partial charge is 0.248 e. The third kappa shape index (κ3) is 4.29. The molecule has 144 valence electrons. The third-order valence-electron chi connectivity index (χ3n) is 4.28. The van der Waals surface area contributed by atoms with Crippen LogP contribution in [-0.4, -0.2) is 25.4 Å². The van der Waals surface area contributed by atoms with E-state index in [0.29, 0.717) is 22.7 Å². The van der Waals surface area contributed by atoms with Crippen LogP contribution in [0.5, 0.6) is 0 Å². The molecule has 1 aliphatic carbocycles. The predicted molar refractivity (Wildman–Crippen MR) is 106 cm³/mol. The average molecular weight is 397 g/mol. The molecule has 0 atom stereocenters. The topological polar surface area (TPSA) is 101 Å². The monoisotopic (exact) mass is 397 g/mol. The molecule has 0 aliphatic heterocycles. The maximum absolute atomic E-state index is 12.2. The lowest BCUT2D eigenvalue weighted by molar-refractivity contribution is -0.111. The molecule has 1 amide bonds. The first kappa shape index (κ1) is 18.4. The van der Waals surface area contributed by atoms with E-state index in [1.54, 1.807) is 43.3 Å². The molecule has 2 aromatic carbocycles. The summed E-state index contributed by atoms with van der Waals surface area (Å²) < 4.78 is 32.3. The highest BCUT2D eigenvalue weighted by Crippen LogP contribution is 2.22. The Kier molecular flexibility index (Phi) is 4.74. The van der Waals surface area contributed by atoms with Gasteiger partial charge in [0, 0.05) is 24.7 Å². The van der Waals surface area contributed by atoms with Crippen molar-refractivity contribution >= 4 is 38.8 Å². The number of aryl methyl sites for hydroxylation is 1. The molecule has 0 spiro atoms. The van der Waals surface area contributed by atoms with E-state index in [0.717, 1.165) is 18.4 Å². The van der Waals surface area contributed by atoms with Crippen molar-refractivity contribution in [3.05, 3.63) is 60.0 Å². The molecule has 0 saturated heterocycles. The Morgan fingerprint density at radius 2 is 1.93 bits per heavy atom. The number of benzene rings is 2. The highest BCUT2D eigenvalue weighted by atomic mass is 32.2. The van der Waals surface area contributed by atoms with E-state index >= 15 is 0 Å². The van der Waals surface area contributed by atoms with Crippen molar-refractivity contribution < 1.29 is 17.6 Å². The quantitative estimate of drug-likeness (QED) is 0.622. The first-order valence-electron chi connectivity index (χ1n) is 8.88. The number of carbonyl (C=O) groups is 1. The fraction of sp³-hybridized carbons (Fsp3) is 0.200. The Bertz CT molecular complexity index is 1160. The van der Waals surface area contributed by atoms with Gasteiger partial charge in [0.05, 0.1) is 4.90 Å². The number of amides is 1. The summed E-state index contributed by atoms with van der Waals surface area (Å²) in [4.78, 5) is 16.6. The summed E-state index contributed by atoms with van der Waals surface area (Å²) in [7, 11) is -3.47. The largest absolute Gasteiger partial charge is 0.441 e. The minimum absolute atomic E-state index is 0.0636. The molecular weight excluding hydrogens is 378 g/mol. The molecule has 4 rings (SSSR count). The van der Waals surface area contributed by atoms with Gasteiger partial charge in [-0.3, -0.25) is 4.79 Å². The summed E-state index contributed by atoms with van der Waals surface area (Å²) in [6.45, 7) is 1.76. The van der Waals surface area contributed by atoms with Gasteiger partial charge in [-0.1, -0.05) is 12.1 Å². The van der Waals surface area contributed by atoms with E-state index in [2.05, 4.69) is 15.0 Å². The highest BCUT2D eigenvalue weighted by Gasteiger charge is 2.27. The van der Waals surface area contributed by atoms with Crippen molar-refractivity contribution in [3.8, 4) is 0 Å². The van der Waals surface area contributed by atoms with Crippen LogP contribution in [0.4, 0.5) is 5.69 Å². The molecule has 3 aromatic rings. The summed E-state index contributed by atoms with van der Waals surface area (Å²) in [5.74, 6) is 0.267. The van der Waals surface area contributed by atoms with Gasteiger partial charge in [0.1, 0.15) is 5.52 Å². The molecule has 0 radical (unpaired) electrons. The summed E-state index contributed by atoms with van der Waals surface area (Å²) >= 11 is 0. The molecule has 1 saturated carbocycles. The van der Waals surface area contributed by atoms with Crippen LogP contribution >= 0.6 is 0 Å². The molecule has 0 bridgehead atoms. The molecule has 1 aromatic heterocycles. The van der Waals surface area contributed by atoms with Gasteiger partial charge in [-0.25, -0.2) is 18.1 Å². The lowest BCUT2D eigenvalue weighted by atomic mass is 10.2. The van der Waals surface area contributed by atoms with Crippen LogP contribution in [0.15, 0.2) is 57.9 Å². The number of aromatic nitrogens is 1. The zero-order chi connectivity index (χ0) is 19.7. The Labute approximate surface area is 162 Å². The summed E-state index contributed by atoms with van der Waals surface area (Å²) in [5, 5.41) is 2.76. The minimum Gasteiger partial charge on any atom is -0.441 e. The van der Waals surface area contributed by atoms with Gasteiger partial charge < -0.3 is 9.73 Å². The zero-order valence-electron chi connectivity index (χ0n) is 15.2. The molecule has 1 heterocycles. The van der Waals surface area contributed by atoms with E-state index in [9.17, 15) is 13.2 Å². The molecule has 28 heavy (non-hydrogen) atoms. The summed E-state index contributed by atoms with van der Waals surface area (Å²) in [6, 6.07) is 11.7. The number of oxazole rings is 1. The second-order valence-electron chi connectivity index (χ2n) is 6.70. The SMILES string of the molecule is Cc1nc2cc(NC(=O)C=Cc3ccc(S(=O)(=O)NC4CC4)cc3)ccc2o1. The van der Waals surface area contributed by atoms with Crippen molar-refractivity contribution in [1.82, 2.24) is 9.71 Å². The number of hydrogen-bond donors (Lipinski definition) is 2. The van der Waals surface area contributed by atoms with Gasteiger partial charge in [-0.2, -0.15) is 0 Å². The van der Waals surface area contributed by atoms with Gasteiger partial charge in [-0.15, -0.1) is 0 Å². The second kappa shape index (κ2) is 7.21. The maximum Gasteiger partial charge on any atom is 0.248 e. The first-order chi connectivity index (χ1) is 13.4. The molecule has 1 fully saturated rings. The lowest BCUT2D eigenvalue weighted by Gasteiger charge is -2.05. The summed E-state index contributed by atoms with van der Waals surface area (Å²) in [6.07, 6.45) is 4.79. The zero-order valence-corrected chi connectivity index (χ0v) is 16.0. The van der Waals surface area contributed by atoms with E-state index < -0.39 is 10.0 Å². The Morgan fingerprint density at radius 3 is 2.64 bits per heavy atom. The average Bonchev–Trinajstić information content (AvgIpc) is 3.37. The van der Waals surface area contributed by atoms with Gasteiger partial charge in [0.15, 0.2) is 11.5 Å². The van der Waals surface area contributed by atoms with E-state index in [-0.39, 0.29) is 16.8 Å². The summed E-state index contributed by atoms with van der Waals surface area (Å²) in [5.41, 5.74) is 2.68. The molecule has 2 N–H and O–H groups in total. The fourth-order valence-corrected chi connectivity index (χ4v) is 4.03. The van der Waals surface area contributed by atoms with Crippen molar-refractivity contribution in [3.63, 3.8) is 0 Å². The van der Waals surface area contributed by atoms with Gasteiger partial charge in [-0.05, 0) is 54.8 Å². The molecule has 1 aliphatic rings. The van der Waals surface area contributed by atoms with Crippen molar-refractivity contribution in [2.45, 2.75) is 30.7 Å². The fourth-order valence-electron chi connectivity index (χ4n) is 2.72. The number of nitrogens with one attached hydrogen (secondary N) is 2. The van der Waals surface area contributed by atoms with Crippen LogP contribution in [0.25, 0.3) is 17.2 Å². The number of carbonyl (C=O) groups excluding carboxylic acids is 1. The van der Waals surface area contributed by atoms with E-state index in [4.69, 9.17) is 4.42 Å². The molecule has 8 heteroatoms. The Morgan fingerprint density at radius 1 is 1.18 bits per heavy atom. The normalized spacial score (nSPS) is 14.6. The lowest BCUT2D eigenvalue weighted by Crippen LogP contribution is -2.25. The van der Waals surface area contributed by atoms with Crippen molar-refractivity contribution in [2.75, 3.05) is 5.32 Å². The standard InChI is InChI=1S/C20H19N3O4S/c1-13-21-18-12-16(7-10-19(18)27-13)22-20(24)11-4-14-2-8-17(9-3-14)28(25,26)23-15-5-6-15/h2-4,7-12,15,23H,5-6H2,1H3,(H,22,24). The Hall–Kier alpha value is -2.97.